The highest BCUT2D eigenvalue weighted by molar-refractivity contribution is 8.00. The summed E-state index contributed by atoms with van der Waals surface area (Å²) in [5.74, 6) is 0. The maximum Gasteiger partial charge on any atom is 0.0912 e. The predicted octanol–water partition coefficient (Wildman–Crippen LogP) is 2.59. The van der Waals surface area contributed by atoms with E-state index in [4.69, 9.17) is 17.3 Å². The van der Waals surface area contributed by atoms with E-state index in [0.717, 1.165) is 20.7 Å². The summed E-state index contributed by atoms with van der Waals surface area (Å²) < 4.78 is 0. The van der Waals surface area contributed by atoms with E-state index in [0.29, 0.717) is 0 Å². The average Bonchev–Trinajstić information content (AvgIpc) is 3.04. The van der Waals surface area contributed by atoms with Gasteiger partial charge in [-0.3, -0.25) is 0 Å². The molecule has 1 aromatic carbocycles. The summed E-state index contributed by atoms with van der Waals surface area (Å²) in [4.78, 5) is 1.10. The number of hydrogen-bond acceptors (Lipinski definition) is 3. The molecule has 0 heterocycles. The lowest BCUT2D eigenvalue weighted by atomic mass is 10.1. The normalized spacial score (nSPS) is 17.8. The van der Waals surface area contributed by atoms with E-state index in [1.807, 2.05) is 30.0 Å². The van der Waals surface area contributed by atoms with Crippen molar-refractivity contribution in [3.8, 4) is 0 Å². The summed E-state index contributed by atoms with van der Waals surface area (Å²) in [6.45, 7) is 0.228. The van der Waals surface area contributed by atoms with Gasteiger partial charge in [-0.15, -0.1) is 11.8 Å². The van der Waals surface area contributed by atoms with Crippen LogP contribution >= 0.6 is 23.4 Å². The van der Waals surface area contributed by atoms with Crippen LogP contribution in [0.5, 0.6) is 0 Å². The molecule has 0 radical (unpaired) electrons. The molecule has 2 nitrogen and oxygen atoms in total. The van der Waals surface area contributed by atoms with E-state index in [1.165, 1.54) is 12.8 Å². The molecule has 4 heteroatoms. The number of hydrogen-bond donors (Lipinski definition) is 2. The minimum absolute atomic E-state index is 0.228. The standard InChI is InChI=1S/C11H14ClNOS/c12-9-5-7(10(14)6-13)1-4-11(9)15-8-2-3-8/h1,4-5,8,10,14H,2-3,6,13H2. The van der Waals surface area contributed by atoms with Crippen molar-refractivity contribution in [2.45, 2.75) is 29.1 Å². The van der Waals surface area contributed by atoms with Crippen molar-refractivity contribution >= 4 is 23.4 Å². The van der Waals surface area contributed by atoms with Crippen molar-refractivity contribution in [1.82, 2.24) is 0 Å². The summed E-state index contributed by atoms with van der Waals surface area (Å²) in [5, 5.41) is 11.0. The molecule has 15 heavy (non-hydrogen) atoms. The van der Waals surface area contributed by atoms with Crippen LogP contribution in [0.15, 0.2) is 23.1 Å². The molecule has 0 bridgehead atoms. The van der Waals surface area contributed by atoms with Gasteiger partial charge in [0.15, 0.2) is 0 Å². The Labute approximate surface area is 98.8 Å². The molecule has 0 amide bonds. The Bertz CT molecular complexity index is 354. The summed E-state index contributed by atoms with van der Waals surface area (Å²) in [6.07, 6.45) is 1.96. The summed E-state index contributed by atoms with van der Waals surface area (Å²) in [7, 11) is 0. The Morgan fingerprint density at radius 1 is 1.53 bits per heavy atom. The van der Waals surface area contributed by atoms with Crippen LogP contribution in [0.4, 0.5) is 0 Å². The lowest BCUT2D eigenvalue weighted by molar-refractivity contribution is 0.186. The van der Waals surface area contributed by atoms with Crippen molar-refractivity contribution in [2.75, 3.05) is 6.54 Å². The molecule has 0 aromatic heterocycles. The van der Waals surface area contributed by atoms with Crippen LogP contribution in [-0.4, -0.2) is 16.9 Å². The molecule has 0 aliphatic heterocycles. The number of aliphatic hydroxyl groups excluding tert-OH is 1. The fraction of sp³-hybridized carbons (Fsp3) is 0.455. The van der Waals surface area contributed by atoms with Crippen LogP contribution < -0.4 is 5.73 Å². The molecule has 1 aliphatic carbocycles. The zero-order chi connectivity index (χ0) is 10.8. The van der Waals surface area contributed by atoms with E-state index < -0.39 is 6.10 Å². The Hall–Kier alpha value is -0.220. The van der Waals surface area contributed by atoms with Gasteiger partial charge in [-0.25, -0.2) is 0 Å². The highest BCUT2D eigenvalue weighted by Gasteiger charge is 2.23. The van der Waals surface area contributed by atoms with Crippen LogP contribution in [0.25, 0.3) is 0 Å². The first-order valence-corrected chi connectivity index (χ1v) is 6.30. The monoisotopic (exact) mass is 243 g/mol. The molecule has 82 valence electrons. The predicted molar refractivity (Wildman–Crippen MR) is 64.3 cm³/mol. The molecule has 1 fully saturated rings. The Morgan fingerprint density at radius 2 is 2.27 bits per heavy atom. The zero-order valence-electron chi connectivity index (χ0n) is 8.32. The number of rotatable bonds is 4. The van der Waals surface area contributed by atoms with Crippen molar-refractivity contribution in [3.05, 3.63) is 28.8 Å². The summed E-state index contributed by atoms with van der Waals surface area (Å²) in [6, 6.07) is 5.68. The quantitative estimate of drug-likeness (QED) is 0.855. The zero-order valence-corrected chi connectivity index (χ0v) is 9.89. The molecular weight excluding hydrogens is 230 g/mol. The minimum Gasteiger partial charge on any atom is -0.387 e. The van der Waals surface area contributed by atoms with Gasteiger partial charge in [-0.1, -0.05) is 17.7 Å². The van der Waals surface area contributed by atoms with Gasteiger partial charge in [0.1, 0.15) is 0 Å². The fourth-order valence-corrected chi connectivity index (χ4v) is 2.69. The first kappa shape index (κ1) is 11.3. The van der Waals surface area contributed by atoms with Gasteiger partial charge in [0, 0.05) is 16.7 Å². The fourth-order valence-electron chi connectivity index (χ4n) is 1.32. The second-order valence-corrected chi connectivity index (χ2v) is 5.51. The van der Waals surface area contributed by atoms with Crippen LogP contribution in [0.3, 0.4) is 0 Å². The van der Waals surface area contributed by atoms with E-state index >= 15 is 0 Å². The van der Waals surface area contributed by atoms with E-state index in [9.17, 15) is 5.11 Å². The molecule has 2 rings (SSSR count). The summed E-state index contributed by atoms with van der Waals surface area (Å²) in [5.41, 5.74) is 6.18. The number of thioether (sulfide) groups is 1. The molecule has 1 atom stereocenters. The number of benzene rings is 1. The third-order valence-electron chi connectivity index (χ3n) is 2.38. The van der Waals surface area contributed by atoms with Crippen molar-refractivity contribution < 1.29 is 5.11 Å². The first-order valence-electron chi connectivity index (χ1n) is 5.05. The largest absolute Gasteiger partial charge is 0.387 e. The van der Waals surface area contributed by atoms with Crippen LogP contribution in [0, 0.1) is 0 Å². The maximum absolute atomic E-state index is 9.55. The molecule has 0 spiro atoms. The highest BCUT2D eigenvalue weighted by atomic mass is 35.5. The Balaban J connectivity index is 2.13. The van der Waals surface area contributed by atoms with Gasteiger partial charge >= 0.3 is 0 Å². The number of aliphatic hydroxyl groups is 1. The van der Waals surface area contributed by atoms with Gasteiger partial charge in [0.2, 0.25) is 0 Å². The van der Waals surface area contributed by atoms with Gasteiger partial charge in [0.05, 0.1) is 11.1 Å². The topological polar surface area (TPSA) is 46.2 Å². The average molecular weight is 244 g/mol. The van der Waals surface area contributed by atoms with Crippen LogP contribution in [-0.2, 0) is 0 Å². The maximum atomic E-state index is 9.55. The molecule has 1 aliphatic rings. The second kappa shape index (κ2) is 4.74. The molecule has 1 unspecified atom stereocenters. The van der Waals surface area contributed by atoms with Gasteiger partial charge in [0.25, 0.3) is 0 Å². The van der Waals surface area contributed by atoms with Gasteiger partial charge in [-0.05, 0) is 30.5 Å². The smallest absolute Gasteiger partial charge is 0.0912 e. The summed E-state index contributed by atoms with van der Waals surface area (Å²) >= 11 is 7.95. The Kier molecular flexibility index (Phi) is 3.57. The SMILES string of the molecule is NCC(O)c1ccc(SC2CC2)c(Cl)c1. The Morgan fingerprint density at radius 3 is 2.80 bits per heavy atom. The minimum atomic E-state index is -0.609. The van der Waals surface area contributed by atoms with Crippen molar-refractivity contribution in [1.29, 1.82) is 0 Å². The lowest BCUT2D eigenvalue weighted by Gasteiger charge is -2.10. The van der Waals surface area contributed by atoms with E-state index in [2.05, 4.69) is 0 Å². The third-order valence-corrected chi connectivity index (χ3v) is 4.22. The van der Waals surface area contributed by atoms with Crippen molar-refractivity contribution in [2.24, 2.45) is 5.73 Å². The molecular formula is C11H14ClNOS. The second-order valence-electron chi connectivity index (χ2n) is 3.76. The number of halogens is 1. The van der Waals surface area contributed by atoms with Gasteiger partial charge < -0.3 is 10.8 Å². The number of nitrogens with two attached hydrogens (primary N) is 1. The van der Waals surface area contributed by atoms with E-state index in [1.54, 1.807) is 0 Å². The molecule has 1 aromatic rings. The highest BCUT2D eigenvalue weighted by Crippen LogP contribution is 2.42. The van der Waals surface area contributed by atoms with Gasteiger partial charge in [-0.2, -0.15) is 0 Å². The van der Waals surface area contributed by atoms with E-state index in [-0.39, 0.29) is 6.54 Å². The van der Waals surface area contributed by atoms with Crippen molar-refractivity contribution in [3.63, 3.8) is 0 Å². The first-order chi connectivity index (χ1) is 7.20. The van der Waals surface area contributed by atoms with Crippen LogP contribution in [0.1, 0.15) is 24.5 Å². The molecule has 1 saturated carbocycles. The third kappa shape index (κ3) is 2.88. The lowest BCUT2D eigenvalue weighted by Crippen LogP contribution is -2.11. The molecule has 0 saturated heterocycles. The van der Waals surface area contributed by atoms with Crippen LogP contribution in [0.2, 0.25) is 5.02 Å². The molecule has 3 N–H and O–H groups in total.